The zero-order chi connectivity index (χ0) is 15.5. The molecule has 120 valence electrons. The molecule has 0 spiro atoms. The number of nitrogens with zero attached hydrogens (tertiary/aromatic N) is 1. The van der Waals surface area contributed by atoms with Gasteiger partial charge in [0.05, 0.1) is 12.2 Å². The summed E-state index contributed by atoms with van der Waals surface area (Å²) in [6, 6.07) is 2.38. The van der Waals surface area contributed by atoms with Gasteiger partial charge in [-0.2, -0.15) is 0 Å². The van der Waals surface area contributed by atoms with Crippen molar-refractivity contribution in [1.29, 1.82) is 0 Å². The zero-order valence-electron chi connectivity index (χ0n) is 14.2. The molecule has 0 atom stereocenters. The summed E-state index contributed by atoms with van der Waals surface area (Å²) < 4.78 is 5.80. The number of nitrogens with one attached hydrogen (secondary N) is 1. The lowest BCUT2D eigenvalue weighted by Gasteiger charge is -2.38. The van der Waals surface area contributed by atoms with Crippen LogP contribution >= 0.6 is 11.3 Å². The first-order chi connectivity index (χ1) is 9.85. The van der Waals surface area contributed by atoms with Gasteiger partial charge in [-0.1, -0.05) is 13.8 Å². The van der Waals surface area contributed by atoms with Gasteiger partial charge < -0.3 is 10.1 Å². The highest BCUT2D eigenvalue weighted by Crippen LogP contribution is 2.25. The fourth-order valence-corrected chi connectivity index (χ4v) is 3.83. The Morgan fingerprint density at radius 1 is 1.43 bits per heavy atom. The van der Waals surface area contributed by atoms with Crippen LogP contribution in [0.5, 0.6) is 0 Å². The molecule has 1 aliphatic rings. The first kappa shape index (κ1) is 16.9. The lowest BCUT2D eigenvalue weighted by Crippen LogP contribution is -2.47. The van der Waals surface area contributed by atoms with Crippen LogP contribution in [-0.4, -0.2) is 36.7 Å². The molecule has 1 saturated heterocycles. The predicted octanol–water partition coefficient (Wildman–Crippen LogP) is 3.41. The van der Waals surface area contributed by atoms with E-state index in [1.54, 1.807) is 0 Å². The highest BCUT2D eigenvalue weighted by atomic mass is 32.1. The normalized spacial score (nSPS) is 19.3. The van der Waals surface area contributed by atoms with Crippen molar-refractivity contribution < 1.29 is 4.74 Å². The van der Waals surface area contributed by atoms with Gasteiger partial charge in [-0.25, -0.2) is 0 Å². The Bertz CT molecular complexity index is 454. The average Bonchev–Trinajstić information content (AvgIpc) is 2.68. The minimum Gasteiger partial charge on any atom is -0.373 e. The molecule has 2 rings (SSSR count). The number of hydrogen-bond donors (Lipinski definition) is 1. The van der Waals surface area contributed by atoms with Gasteiger partial charge in [-0.3, -0.25) is 4.90 Å². The van der Waals surface area contributed by atoms with E-state index in [4.69, 9.17) is 4.74 Å². The zero-order valence-corrected chi connectivity index (χ0v) is 15.0. The lowest BCUT2D eigenvalue weighted by atomic mass is 10.1. The van der Waals surface area contributed by atoms with Gasteiger partial charge in [0.2, 0.25) is 0 Å². The number of hydrogen-bond acceptors (Lipinski definition) is 4. The smallest absolute Gasteiger partial charge is 0.0753 e. The van der Waals surface area contributed by atoms with E-state index in [0.717, 1.165) is 39.3 Å². The summed E-state index contributed by atoms with van der Waals surface area (Å²) in [5.74, 6) is 0.709. The van der Waals surface area contributed by atoms with Gasteiger partial charge in [0.15, 0.2) is 0 Å². The Morgan fingerprint density at radius 2 is 2.19 bits per heavy atom. The Kier molecular flexibility index (Phi) is 5.83. The van der Waals surface area contributed by atoms with E-state index in [1.807, 2.05) is 11.3 Å². The summed E-state index contributed by atoms with van der Waals surface area (Å²) >= 11 is 1.93. The summed E-state index contributed by atoms with van der Waals surface area (Å²) in [5, 5.41) is 3.54. The summed E-state index contributed by atoms with van der Waals surface area (Å²) in [7, 11) is 0. The Hall–Kier alpha value is -0.420. The summed E-state index contributed by atoms with van der Waals surface area (Å²) in [4.78, 5) is 5.43. The van der Waals surface area contributed by atoms with E-state index in [1.165, 1.54) is 15.3 Å². The molecule has 2 heterocycles. The molecule has 4 heteroatoms. The second-order valence-corrected chi connectivity index (χ2v) is 8.48. The predicted molar refractivity (Wildman–Crippen MR) is 90.9 cm³/mol. The van der Waals surface area contributed by atoms with Crippen molar-refractivity contribution in [3.8, 4) is 0 Å². The maximum absolute atomic E-state index is 5.80. The average molecular weight is 311 g/mol. The Labute approximate surface area is 133 Å². The van der Waals surface area contributed by atoms with Gasteiger partial charge in [-0.05, 0) is 44.9 Å². The van der Waals surface area contributed by atoms with Gasteiger partial charge in [0, 0.05) is 35.9 Å². The molecule has 0 saturated carbocycles. The number of thiophene rings is 1. The van der Waals surface area contributed by atoms with Crippen molar-refractivity contribution in [3.05, 3.63) is 21.4 Å². The highest BCUT2D eigenvalue weighted by Gasteiger charge is 2.27. The van der Waals surface area contributed by atoms with Gasteiger partial charge >= 0.3 is 0 Å². The highest BCUT2D eigenvalue weighted by molar-refractivity contribution is 7.12. The van der Waals surface area contributed by atoms with Crippen LogP contribution < -0.4 is 5.32 Å². The molecule has 0 aromatic carbocycles. The largest absolute Gasteiger partial charge is 0.373 e. The van der Waals surface area contributed by atoms with Crippen molar-refractivity contribution >= 4 is 11.3 Å². The summed E-state index contributed by atoms with van der Waals surface area (Å²) in [6.45, 7) is 17.2. The summed E-state index contributed by atoms with van der Waals surface area (Å²) in [6.07, 6.45) is 0. The van der Waals surface area contributed by atoms with E-state index < -0.39 is 0 Å². The van der Waals surface area contributed by atoms with E-state index >= 15 is 0 Å². The molecule has 0 aliphatic carbocycles. The first-order valence-electron chi connectivity index (χ1n) is 8.01. The molecule has 1 fully saturated rings. The van der Waals surface area contributed by atoms with Crippen molar-refractivity contribution in [3.63, 3.8) is 0 Å². The topological polar surface area (TPSA) is 24.5 Å². The molecular formula is C17H30N2OS. The van der Waals surface area contributed by atoms with Crippen LogP contribution in [0.4, 0.5) is 0 Å². The van der Waals surface area contributed by atoms with Crippen LogP contribution in [-0.2, 0) is 17.8 Å². The van der Waals surface area contributed by atoms with E-state index in [2.05, 4.69) is 50.9 Å². The molecule has 1 aromatic heterocycles. The van der Waals surface area contributed by atoms with Crippen molar-refractivity contribution in [1.82, 2.24) is 10.2 Å². The molecule has 1 aliphatic heterocycles. The molecule has 0 radical (unpaired) electrons. The lowest BCUT2D eigenvalue weighted by molar-refractivity contribution is -0.0882. The molecule has 0 bridgehead atoms. The summed E-state index contributed by atoms with van der Waals surface area (Å²) in [5.41, 5.74) is 1.48. The number of aryl methyl sites for hydroxylation is 1. The van der Waals surface area contributed by atoms with E-state index in [0.29, 0.717) is 5.92 Å². The van der Waals surface area contributed by atoms with E-state index in [9.17, 15) is 0 Å². The van der Waals surface area contributed by atoms with E-state index in [-0.39, 0.29) is 5.60 Å². The minimum absolute atomic E-state index is 0.0101. The van der Waals surface area contributed by atoms with Crippen molar-refractivity contribution in [2.24, 2.45) is 5.92 Å². The quantitative estimate of drug-likeness (QED) is 0.871. The third-order valence-electron chi connectivity index (χ3n) is 3.82. The number of rotatable bonds is 6. The van der Waals surface area contributed by atoms with Crippen LogP contribution in [0, 0.1) is 12.8 Å². The van der Waals surface area contributed by atoms with Crippen molar-refractivity contribution in [2.75, 3.05) is 26.2 Å². The second-order valence-electron chi connectivity index (χ2n) is 7.14. The standard InChI is InChI=1S/C17H30N2OS/c1-13(2)9-18-10-16-8-15(14(3)21-16)11-19-6-7-20-17(4,5)12-19/h8,13,18H,6-7,9-12H2,1-5H3. The fourth-order valence-electron chi connectivity index (χ4n) is 2.81. The van der Waals surface area contributed by atoms with Gasteiger partial charge in [-0.15, -0.1) is 11.3 Å². The molecule has 3 nitrogen and oxygen atoms in total. The monoisotopic (exact) mass is 310 g/mol. The van der Waals surface area contributed by atoms with Crippen LogP contribution in [0.15, 0.2) is 6.07 Å². The van der Waals surface area contributed by atoms with Crippen LogP contribution in [0.1, 0.15) is 43.0 Å². The first-order valence-corrected chi connectivity index (χ1v) is 8.82. The van der Waals surface area contributed by atoms with Gasteiger partial charge in [0.1, 0.15) is 0 Å². The third-order valence-corrected chi connectivity index (χ3v) is 4.91. The Balaban J connectivity index is 1.90. The van der Waals surface area contributed by atoms with Crippen LogP contribution in [0.3, 0.4) is 0 Å². The maximum Gasteiger partial charge on any atom is 0.0753 e. The maximum atomic E-state index is 5.80. The van der Waals surface area contributed by atoms with Gasteiger partial charge in [0.25, 0.3) is 0 Å². The molecule has 21 heavy (non-hydrogen) atoms. The molecule has 0 amide bonds. The molecule has 0 unspecified atom stereocenters. The van der Waals surface area contributed by atoms with Crippen LogP contribution in [0.2, 0.25) is 0 Å². The molecule has 1 aromatic rings. The number of morpholine rings is 1. The van der Waals surface area contributed by atoms with Crippen molar-refractivity contribution in [2.45, 2.75) is 53.3 Å². The fraction of sp³-hybridized carbons (Fsp3) is 0.765. The molecule has 1 N–H and O–H groups in total. The Morgan fingerprint density at radius 3 is 2.86 bits per heavy atom. The minimum atomic E-state index is -0.0101. The van der Waals surface area contributed by atoms with Crippen LogP contribution in [0.25, 0.3) is 0 Å². The third kappa shape index (κ3) is 5.37. The second kappa shape index (κ2) is 7.23. The number of ether oxygens (including phenoxy) is 1. The SMILES string of the molecule is Cc1sc(CNCC(C)C)cc1CN1CCOC(C)(C)C1. The molecular weight excluding hydrogens is 280 g/mol.